The first kappa shape index (κ1) is 27.5. The maximum Gasteiger partial charge on any atom is 0.160 e. The lowest BCUT2D eigenvalue weighted by atomic mass is 9.90. The zero-order valence-corrected chi connectivity index (χ0v) is 26.5. The Balaban J connectivity index is 1.30. The summed E-state index contributed by atoms with van der Waals surface area (Å²) >= 11 is 0. The minimum atomic E-state index is 0.681. The average molecular weight is 625 g/mol. The summed E-state index contributed by atoms with van der Waals surface area (Å²) < 4.78 is 6.83. The van der Waals surface area contributed by atoms with Gasteiger partial charge in [-0.25, -0.2) is 9.97 Å². The number of hydrogen-bond acceptors (Lipinski definition) is 3. The number of furan rings is 1. The van der Waals surface area contributed by atoms with Crippen LogP contribution >= 0.6 is 0 Å². The molecule has 0 bridgehead atoms. The molecule has 228 valence electrons. The van der Waals surface area contributed by atoms with Crippen molar-refractivity contribution in [2.45, 2.75) is 0 Å². The summed E-state index contributed by atoms with van der Waals surface area (Å²) in [6.07, 6.45) is 0. The number of rotatable bonds is 4. The van der Waals surface area contributed by atoms with E-state index in [9.17, 15) is 0 Å². The highest BCUT2D eigenvalue weighted by atomic mass is 16.3. The molecule has 2 aromatic heterocycles. The van der Waals surface area contributed by atoms with Gasteiger partial charge in [-0.05, 0) is 56.3 Å². The molecule has 0 saturated heterocycles. The highest BCUT2D eigenvalue weighted by molar-refractivity contribution is 6.34. The molecule has 0 aliphatic heterocycles. The Bertz CT molecular complexity index is 2850. The van der Waals surface area contributed by atoms with Gasteiger partial charge in [-0.1, -0.05) is 152 Å². The third-order valence-electron chi connectivity index (χ3n) is 9.68. The van der Waals surface area contributed by atoms with Gasteiger partial charge < -0.3 is 4.42 Å². The molecule has 0 N–H and O–H groups in total. The Morgan fingerprint density at radius 1 is 0.347 bits per heavy atom. The molecule has 0 spiro atoms. The summed E-state index contributed by atoms with van der Waals surface area (Å²) in [6.45, 7) is 0. The Hall–Kier alpha value is -6.58. The Labute approximate surface area is 282 Å². The zero-order valence-electron chi connectivity index (χ0n) is 26.5. The normalized spacial score (nSPS) is 11.7. The van der Waals surface area contributed by atoms with Gasteiger partial charge in [-0.15, -0.1) is 0 Å². The number of aromatic nitrogens is 2. The topological polar surface area (TPSA) is 38.9 Å². The van der Waals surface area contributed by atoms with E-state index in [1.54, 1.807) is 0 Å². The van der Waals surface area contributed by atoms with Crippen LogP contribution in [0.3, 0.4) is 0 Å². The minimum absolute atomic E-state index is 0.681. The van der Waals surface area contributed by atoms with Crippen molar-refractivity contribution in [2.75, 3.05) is 0 Å². The molecule has 0 unspecified atom stereocenters. The van der Waals surface area contributed by atoms with Crippen molar-refractivity contribution in [1.82, 2.24) is 9.97 Å². The molecule has 49 heavy (non-hydrogen) atoms. The second kappa shape index (κ2) is 11.0. The third kappa shape index (κ3) is 4.44. The molecule has 0 fully saturated rings. The van der Waals surface area contributed by atoms with Gasteiger partial charge in [-0.2, -0.15) is 0 Å². The summed E-state index contributed by atoms with van der Waals surface area (Å²) in [5.41, 5.74) is 8.83. The van der Waals surface area contributed by atoms with Crippen LogP contribution in [0.25, 0.3) is 99.3 Å². The molecule has 10 rings (SSSR count). The number of para-hydroxylation sites is 1. The molecular weight excluding hydrogens is 597 g/mol. The molecule has 3 heteroatoms. The first-order chi connectivity index (χ1) is 24.3. The monoisotopic (exact) mass is 624 g/mol. The van der Waals surface area contributed by atoms with Crippen molar-refractivity contribution in [3.8, 4) is 45.0 Å². The summed E-state index contributed by atoms with van der Waals surface area (Å²) in [5.74, 6) is 0.681. The molecule has 3 nitrogen and oxygen atoms in total. The van der Waals surface area contributed by atoms with Gasteiger partial charge in [0.05, 0.1) is 11.4 Å². The lowest BCUT2D eigenvalue weighted by molar-refractivity contribution is 0.673. The summed E-state index contributed by atoms with van der Waals surface area (Å²) in [4.78, 5) is 10.5. The highest BCUT2D eigenvalue weighted by Crippen LogP contribution is 2.46. The SMILES string of the molecule is c1ccc(-c2ccc(-c3nc(-c4ccccc4)cc(-c4cc5c6ccccc6c6ccccc6c5c5oc6ccccc6c45)n3)cc2)cc1. The lowest BCUT2D eigenvalue weighted by Gasteiger charge is -2.14. The number of fused-ring (bicyclic) bond motifs is 10. The van der Waals surface area contributed by atoms with Crippen LogP contribution in [0.5, 0.6) is 0 Å². The Morgan fingerprint density at radius 2 is 0.857 bits per heavy atom. The quantitative estimate of drug-likeness (QED) is 0.183. The maximum absolute atomic E-state index is 6.83. The molecule has 0 aliphatic rings. The van der Waals surface area contributed by atoms with Crippen LogP contribution in [0.2, 0.25) is 0 Å². The van der Waals surface area contributed by atoms with E-state index in [1.807, 2.05) is 18.2 Å². The van der Waals surface area contributed by atoms with Crippen LogP contribution < -0.4 is 0 Å². The van der Waals surface area contributed by atoms with Crippen molar-refractivity contribution in [1.29, 1.82) is 0 Å². The smallest absolute Gasteiger partial charge is 0.160 e. The van der Waals surface area contributed by atoms with Crippen LogP contribution in [0.15, 0.2) is 174 Å². The van der Waals surface area contributed by atoms with E-state index < -0.39 is 0 Å². The van der Waals surface area contributed by atoms with E-state index in [2.05, 4.69) is 152 Å². The van der Waals surface area contributed by atoms with Crippen LogP contribution in [0, 0.1) is 0 Å². The van der Waals surface area contributed by atoms with Crippen molar-refractivity contribution in [3.63, 3.8) is 0 Å². The van der Waals surface area contributed by atoms with Crippen LogP contribution in [0.4, 0.5) is 0 Å². The Kier molecular flexibility index (Phi) is 6.18. The van der Waals surface area contributed by atoms with Gasteiger partial charge >= 0.3 is 0 Å². The molecule has 8 aromatic carbocycles. The first-order valence-corrected chi connectivity index (χ1v) is 16.6. The van der Waals surface area contributed by atoms with Crippen molar-refractivity contribution < 1.29 is 4.42 Å². The standard InChI is InChI=1S/C46H28N2O/c1-3-13-29(14-4-1)30-23-25-32(26-24-30)46-47-40(31-15-5-2-6-16-31)28-41(48-46)39-27-38-35-19-8-7-17-33(35)34-18-9-10-20-36(34)43(38)45-44(39)37-21-11-12-22-42(37)49-45/h1-28H. The maximum atomic E-state index is 6.83. The van der Waals surface area contributed by atoms with E-state index >= 15 is 0 Å². The lowest BCUT2D eigenvalue weighted by Crippen LogP contribution is -1.97. The first-order valence-electron chi connectivity index (χ1n) is 16.6. The molecule has 0 aliphatic carbocycles. The molecular formula is C46H28N2O. The van der Waals surface area contributed by atoms with Gasteiger partial charge in [0.25, 0.3) is 0 Å². The Morgan fingerprint density at radius 3 is 1.57 bits per heavy atom. The average Bonchev–Trinajstić information content (AvgIpc) is 3.58. The van der Waals surface area contributed by atoms with Gasteiger partial charge in [-0.3, -0.25) is 0 Å². The predicted molar refractivity (Wildman–Crippen MR) is 204 cm³/mol. The second-order valence-electron chi connectivity index (χ2n) is 12.5. The predicted octanol–water partition coefficient (Wildman–Crippen LogP) is 12.5. The van der Waals surface area contributed by atoms with Crippen LogP contribution in [-0.4, -0.2) is 9.97 Å². The van der Waals surface area contributed by atoms with Gasteiger partial charge in [0.15, 0.2) is 5.82 Å². The molecule has 0 saturated carbocycles. The van der Waals surface area contributed by atoms with E-state index in [0.717, 1.165) is 66.4 Å². The summed E-state index contributed by atoms with van der Waals surface area (Å²) in [7, 11) is 0. The third-order valence-corrected chi connectivity index (χ3v) is 9.68. The number of nitrogens with zero attached hydrogens (tertiary/aromatic N) is 2. The van der Waals surface area contributed by atoms with E-state index in [0.29, 0.717) is 5.82 Å². The molecule has 2 heterocycles. The van der Waals surface area contributed by atoms with Gasteiger partial charge in [0.1, 0.15) is 11.2 Å². The largest absolute Gasteiger partial charge is 0.455 e. The van der Waals surface area contributed by atoms with E-state index in [4.69, 9.17) is 14.4 Å². The minimum Gasteiger partial charge on any atom is -0.455 e. The van der Waals surface area contributed by atoms with Crippen LogP contribution in [-0.2, 0) is 0 Å². The van der Waals surface area contributed by atoms with Gasteiger partial charge in [0.2, 0.25) is 0 Å². The molecule has 10 aromatic rings. The number of benzene rings is 8. The fraction of sp³-hybridized carbons (Fsp3) is 0. The van der Waals surface area contributed by atoms with Crippen molar-refractivity contribution >= 4 is 54.3 Å². The fourth-order valence-corrected chi connectivity index (χ4v) is 7.38. The second-order valence-corrected chi connectivity index (χ2v) is 12.5. The van der Waals surface area contributed by atoms with E-state index in [-0.39, 0.29) is 0 Å². The number of hydrogen-bond donors (Lipinski definition) is 0. The summed E-state index contributed by atoms with van der Waals surface area (Å²) in [6, 6.07) is 59.5. The van der Waals surface area contributed by atoms with Gasteiger partial charge in [0, 0.05) is 32.8 Å². The highest BCUT2D eigenvalue weighted by Gasteiger charge is 2.22. The van der Waals surface area contributed by atoms with Crippen molar-refractivity contribution in [3.05, 3.63) is 170 Å². The molecule has 0 atom stereocenters. The van der Waals surface area contributed by atoms with Crippen molar-refractivity contribution in [2.24, 2.45) is 0 Å². The zero-order chi connectivity index (χ0) is 32.3. The van der Waals surface area contributed by atoms with E-state index in [1.165, 1.54) is 27.1 Å². The summed E-state index contributed by atoms with van der Waals surface area (Å²) in [5, 5.41) is 9.20. The molecule has 0 radical (unpaired) electrons. The molecule has 0 amide bonds. The van der Waals surface area contributed by atoms with Crippen LogP contribution in [0.1, 0.15) is 0 Å². The fourth-order valence-electron chi connectivity index (χ4n) is 7.38.